The van der Waals surface area contributed by atoms with Crippen LogP contribution in [0.5, 0.6) is 0 Å². The highest BCUT2D eigenvalue weighted by atomic mass is 16.6. The summed E-state index contributed by atoms with van der Waals surface area (Å²) in [6, 6.07) is 0. The van der Waals surface area contributed by atoms with Gasteiger partial charge in [0.05, 0.1) is 17.3 Å². The molecule has 0 saturated heterocycles. The minimum atomic E-state index is -0.787. The third kappa shape index (κ3) is 3.31. The molecular weight excluding hydrogens is 284 g/mol. The minimum absolute atomic E-state index is 0.0660. The molecule has 0 saturated carbocycles. The molecule has 22 heavy (non-hydrogen) atoms. The molecule has 1 heterocycles. The van der Waals surface area contributed by atoms with Crippen LogP contribution in [0.3, 0.4) is 0 Å². The van der Waals surface area contributed by atoms with E-state index < -0.39 is 23.6 Å². The molecule has 0 radical (unpaired) electrons. The summed E-state index contributed by atoms with van der Waals surface area (Å²) in [5.74, 6) is -1.12. The van der Waals surface area contributed by atoms with Crippen LogP contribution in [0.2, 0.25) is 0 Å². The first-order valence-electron chi connectivity index (χ1n) is 7.67. The molecule has 0 fully saturated rings. The van der Waals surface area contributed by atoms with E-state index in [1.54, 1.807) is 0 Å². The summed E-state index contributed by atoms with van der Waals surface area (Å²) >= 11 is 0. The van der Waals surface area contributed by atoms with E-state index in [1.807, 2.05) is 34.6 Å². The molecule has 0 spiro atoms. The second-order valence-electron chi connectivity index (χ2n) is 7.14. The number of fused-ring (bicyclic) bond motifs is 1. The molecule has 1 aromatic rings. The Balaban J connectivity index is 2.41. The maximum Gasteiger partial charge on any atom is 0.435 e. The number of nitrogens with zero attached hydrogens (tertiary/aromatic N) is 2. The summed E-state index contributed by atoms with van der Waals surface area (Å²) in [6.45, 7) is 9.38. The molecule has 0 amide bonds. The summed E-state index contributed by atoms with van der Waals surface area (Å²) in [6.07, 6.45) is 1.08. The Labute approximate surface area is 130 Å². The van der Waals surface area contributed by atoms with E-state index in [0.29, 0.717) is 19.3 Å². The van der Waals surface area contributed by atoms with Gasteiger partial charge in [-0.15, -0.1) is 0 Å². The van der Waals surface area contributed by atoms with Crippen molar-refractivity contribution in [3.63, 3.8) is 0 Å². The molecule has 1 aliphatic carbocycles. The van der Waals surface area contributed by atoms with Gasteiger partial charge >= 0.3 is 12.1 Å². The second kappa shape index (κ2) is 5.74. The standard InChI is InChI=1S/C16H24N2O4/c1-9(2)13-11-8-10(14(19)20)6-7-12(11)17-18(13)15(21)22-16(3,4)5/h9-10H,6-8H2,1-5H3,(H,19,20)/t10-/m1/s1. The molecule has 6 nitrogen and oxygen atoms in total. The van der Waals surface area contributed by atoms with Gasteiger partial charge in [-0.3, -0.25) is 4.79 Å². The van der Waals surface area contributed by atoms with Gasteiger partial charge in [0.15, 0.2) is 0 Å². The summed E-state index contributed by atoms with van der Waals surface area (Å²) in [5, 5.41) is 13.6. The van der Waals surface area contributed by atoms with Gasteiger partial charge in [-0.25, -0.2) is 4.79 Å². The van der Waals surface area contributed by atoms with Gasteiger partial charge in [0, 0.05) is 0 Å². The SMILES string of the molecule is CC(C)c1c2c(nn1C(=O)OC(C)(C)C)CC[C@@H](C(=O)O)C2. The maximum atomic E-state index is 12.4. The lowest BCUT2D eigenvalue weighted by Crippen LogP contribution is -2.29. The smallest absolute Gasteiger partial charge is 0.435 e. The van der Waals surface area contributed by atoms with E-state index in [4.69, 9.17) is 4.74 Å². The van der Waals surface area contributed by atoms with Crippen molar-refractivity contribution in [2.75, 3.05) is 0 Å². The van der Waals surface area contributed by atoms with Gasteiger partial charge in [0.1, 0.15) is 5.60 Å². The Morgan fingerprint density at radius 1 is 1.36 bits per heavy atom. The molecule has 1 aromatic heterocycles. The average molecular weight is 308 g/mol. The Hall–Kier alpha value is -1.85. The van der Waals surface area contributed by atoms with E-state index in [1.165, 1.54) is 4.68 Å². The number of hydrogen-bond donors (Lipinski definition) is 1. The van der Waals surface area contributed by atoms with E-state index in [0.717, 1.165) is 17.0 Å². The molecule has 1 N–H and O–H groups in total. The van der Waals surface area contributed by atoms with Gasteiger partial charge in [-0.1, -0.05) is 13.8 Å². The normalized spacial score (nSPS) is 18.2. The Bertz CT molecular complexity index is 596. The van der Waals surface area contributed by atoms with Crippen LogP contribution >= 0.6 is 0 Å². The molecule has 0 bridgehead atoms. The molecule has 0 aromatic carbocycles. The Kier molecular flexibility index (Phi) is 4.31. The van der Waals surface area contributed by atoms with Crippen LogP contribution in [0.4, 0.5) is 4.79 Å². The maximum absolute atomic E-state index is 12.4. The molecule has 2 rings (SSSR count). The van der Waals surface area contributed by atoms with E-state index in [2.05, 4.69) is 5.10 Å². The summed E-state index contributed by atoms with van der Waals surface area (Å²) in [7, 11) is 0. The highest BCUT2D eigenvalue weighted by molar-refractivity contribution is 5.73. The number of rotatable bonds is 2. The summed E-state index contributed by atoms with van der Waals surface area (Å²) < 4.78 is 6.74. The second-order valence-corrected chi connectivity index (χ2v) is 7.14. The van der Waals surface area contributed by atoms with E-state index >= 15 is 0 Å². The highest BCUT2D eigenvalue weighted by Crippen LogP contribution is 2.32. The number of aromatic nitrogens is 2. The lowest BCUT2D eigenvalue weighted by atomic mass is 9.85. The molecule has 1 aliphatic rings. The van der Waals surface area contributed by atoms with Crippen molar-refractivity contribution in [2.24, 2.45) is 5.92 Å². The van der Waals surface area contributed by atoms with Crippen molar-refractivity contribution < 1.29 is 19.4 Å². The van der Waals surface area contributed by atoms with Crippen LogP contribution in [0.15, 0.2) is 0 Å². The van der Waals surface area contributed by atoms with Crippen molar-refractivity contribution in [1.82, 2.24) is 9.78 Å². The predicted molar refractivity (Wildman–Crippen MR) is 81.1 cm³/mol. The summed E-state index contributed by atoms with van der Waals surface area (Å²) in [5.41, 5.74) is 1.91. The van der Waals surface area contributed by atoms with Gasteiger partial charge in [0.2, 0.25) is 0 Å². The number of ether oxygens (including phenoxy) is 1. The molecule has 6 heteroatoms. The molecule has 0 aliphatic heterocycles. The summed E-state index contributed by atoms with van der Waals surface area (Å²) in [4.78, 5) is 23.6. The lowest BCUT2D eigenvalue weighted by molar-refractivity contribution is -0.142. The third-order valence-electron chi connectivity index (χ3n) is 3.75. The number of carboxylic acids is 1. The Morgan fingerprint density at radius 2 is 2.00 bits per heavy atom. The number of carboxylic acid groups (broad SMARTS) is 1. The third-order valence-corrected chi connectivity index (χ3v) is 3.75. The fraction of sp³-hybridized carbons (Fsp3) is 0.688. The van der Waals surface area contributed by atoms with E-state index in [-0.39, 0.29) is 5.92 Å². The molecule has 122 valence electrons. The first kappa shape index (κ1) is 16.5. The predicted octanol–water partition coefficient (Wildman–Crippen LogP) is 2.98. The number of hydrogen-bond acceptors (Lipinski definition) is 4. The largest absolute Gasteiger partial charge is 0.481 e. The van der Waals surface area contributed by atoms with Gasteiger partial charge < -0.3 is 9.84 Å². The lowest BCUT2D eigenvalue weighted by Gasteiger charge is -2.21. The van der Waals surface area contributed by atoms with Crippen molar-refractivity contribution in [1.29, 1.82) is 0 Å². The number of carbonyl (C=O) groups is 2. The first-order valence-corrected chi connectivity index (χ1v) is 7.67. The monoisotopic (exact) mass is 308 g/mol. The fourth-order valence-electron chi connectivity index (χ4n) is 2.84. The van der Waals surface area contributed by atoms with E-state index in [9.17, 15) is 14.7 Å². The number of carbonyl (C=O) groups excluding carboxylic acids is 1. The van der Waals surface area contributed by atoms with Crippen molar-refractivity contribution >= 4 is 12.1 Å². The fourth-order valence-corrected chi connectivity index (χ4v) is 2.84. The first-order chi connectivity index (χ1) is 10.1. The zero-order valence-corrected chi connectivity index (χ0v) is 13.8. The topological polar surface area (TPSA) is 81.4 Å². The van der Waals surface area contributed by atoms with Crippen LogP contribution < -0.4 is 0 Å². The van der Waals surface area contributed by atoms with Crippen LogP contribution in [-0.2, 0) is 22.4 Å². The molecular formula is C16H24N2O4. The molecule has 1 atom stereocenters. The van der Waals surface area contributed by atoms with Crippen molar-refractivity contribution in [2.45, 2.75) is 65.4 Å². The van der Waals surface area contributed by atoms with Crippen molar-refractivity contribution in [3.8, 4) is 0 Å². The van der Waals surface area contributed by atoms with Gasteiger partial charge in [0.25, 0.3) is 0 Å². The van der Waals surface area contributed by atoms with Gasteiger partial charge in [-0.2, -0.15) is 9.78 Å². The van der Waals surface area contributed by atoms with Crippen molar-refractivity contribution in [3.05, 3.63) is 17.0 Å². The van der Waals surface area contributed by atoms with Gasteiger partial charge in [-0.05, 0) is 51.5 Å². The van der Waals surface area contributed by atoms with Crippen LogP contribution in [0.25, 0.3) is 0 Å². The molecule has 0 unspecified atom stereocenters. The minimum Gasteiger partial charge on any atom is -0.481 e. The van der Waals surface area contributed by atoms with Crippen LogP contribution in [0, 0.1) is 5.92 Å². The quantitative estimate of drug-likeness (QED) is 0.908. The average Bonchev–Trinajstić information content (AvgIpc) is 2.74. The van der Waals surface area contributed by atoms with Crippen LogP contribution in [-0.4, -0.2) is 32.6 Å². The Morgan fingerprint density at radius 3 is 2.50 bits per heavy atom. The number of aryl methyl sites for hydroxylation is 1. The number of aliphatic carboxylic acids is 1. The zero-order valence-electron chi connectivity index (χ0n) is 13.8. The van der Waals surface area contributed by atoms with Crippen LogP contribution in [0.1, 0.15) is 63.9 Å². The zero-order chi connectivity index (χ0) is 16.7. The highest BCUT2D eigenvalue weighted by Gasteiger charge is 2.33.